The van der Waals surface area contributed by atoms with Crippen molar-refractivity contribution in [2.45, 2.75) is 0 Å². The fourth-order valence-electron chi connectivity index (χ4n) is 1.26. The van der Waals surface area contributed by atoms with E-state index >= 15 is 0 Å². The third kappa shape index (κ3) is 2.21. The zero-order valence-electron chi connectivity index (χ0n) is 8.33. The Labute approximate surface area is 101 Å². The van der Waals surface area contributed by atoms with Gasteiger partial charge in [-0.15, -0.1) is 0 Å². The van der Waals surface area contributed by atoms with E-state index in [0.717, 1.165) is 18.3 Å². The minimum Gasteiger partial charge on any atom is -0.545 e. The van der Waals surface area contributed by atoms with Crippen LogP contribution in [-0.4, -0.2) is 11.0 Å². The van der Waals surface area contributed by atoms with Gasteiger partial charge in [-0.05, 0) is 6.07 Å². The van der Waals surface area contributed by atoms with Crippen molar-refractivity contribution in [3.63, 3.8) is 0 Å². The molecule has 0 N–H and O–H groups in total. The van der Waals surface area contributed by atoms with E-state index in [4.69, 9.17) is 0 Å². The molecule has 0 aliphatic rings. The van der Waals surface area contributed by atoms with Gasteiger partial charge in [0, 0.05) is 29.3 Å². The number of carbonyl (C=O) groups excluding carboxylic acids is 1. The molecule has 2 aromatic rings. The van der Waals surface area contributed by atoms with Crippen molar-refractivity contribution >= 4 is 16.9 Å². The molecule has 1 heterocycles. The maximum Gasteiger partial charge on any atom is 1.00 e. The second-order valence-electron chi connectivity index (χ2n) is 2.97. The van der Waals surface area contributed by atoms with Crippen molar-refractivity contribution in [1.29, 1.82) is 0 Å². The molecule has 16 heavy (non-hydrogen) atoms. The Balaban J connectivity index is 0.00000128. The first-order valence-corrected chi connectivity index (χ1v) is 4.04. The van der Waals surface area contributed by atoms with Gasteiger partial charge in [-0.2, -0.15) is 0 Å². The third-order valence-electron chi connectivity index (χ3n) is 1.95. The molecule has 0 aliphatic heterocycles. The summed E-state index contributed by atoms with van der Waals surface area (Å²) in [5.41, 5.74) is -0.175. The van der Waals surface area contributed by atoms with Gasteiger partial charge in [0.05, 0.1) is 11.5 Å². The summed E-state index contributed by atoms with van der Waals surface area (Å²) in [6, 6.07) is 2.76. The first kappa shape index (κ1) is 12.6. The van der Waals surface area contributed by atoms with E-state index in [1.807, 2.05) is 0 Å². The number of rotatable bonds is 1. The topological polar surface area (TPSA) is 53.0 Å². The molecule has 0 spiro atoms. The van der Waals surface area contributed by atoms with Crippen LogP contribution in [0.15, 0.2) is 24.4 Å². The molecule has 0 saturated heterocycles. The summed E-state index contributed by atoms with van der Waals surface area (Å²) in [5.74, 6) is -3.05. The largest absolute Gasteiger partial charge is 1.00 e. The zero-order chi connectivity index (χ0) is 11.0. The minimum absolute atomic E-state index is 0. The number of hydrogen-bond acceptors (Lipinski definition) is 3. The number of aromatic nitrogens is 1. The number of fused-ring (bicyclic) bond motifs is 1. The number of pyridine rings is 1. The standard InChI is InChI=1S/C10H5F2NO2.Li/c11-6-2-8(12)7-1-5(10(14)15)4-13-9(7)3-6;/h1-4H,(H,14,15);/q;+1/p-1. The van der Waals surface area contributed by atoms with E-state index in [2.05, 4.69) is 4.98 Å². The van der Waals surface area contributed by atoms with Gasteiger partial charge in [-0.1, -0.05) is 0 Å². The number of halogens is 2. The van der Waals surface area contributed by atoms with Crippen molar-refractivity contribution in [1.82, 2.24) is 4.98 Å². The number of carbonyl (C=O) groups is 1. The van der Waals surface area contributed by atoms with Crippen molar-refractivity contribution in [2.24, 2.45) is 0 Å². The van der Waals surface area contributed by atoms with Crippen LogP contribution in [0.4, 0.5) is 8.78 Å². The first-order valence-electron chi connectivity index (χ1n) is 4.04. The van der Waals surface area contributed by atoms with Crippen LogP contribution in [0.25, 0.3) is 10.9 Å². The third-order valence-corrected chi connectivity index (χ3v) is 1.95. The molecule has 3 nitrogen and oxygen atoms in total. The molecule has 0 aliphatic carbocycles. The first-order chi connectivity index (χ1) is 7.08. The van der Waals surface area contributed by atoms with E-state index in [1.165, 1.54) is 0 Å². The number of nitrogens with zero attached hydrogens (tertiary/aromatic N) is 1. The van der Waals surface area contributed by atoms with E-state index < -0.39 is 17.6 Å². The maximum absolute atomic E-state index is 13.2. The van der Waals surface area contributed by atoms with Crippen molar-refractivity contribution in [2.75, 3.05) is 0 Å². The predicted molar refractivity (Wildman–Crippen MR) is 46.0 cm³/mol. The van der Waals surface area contributed by atoms with Gasteiger partial charge in [-0.25, -0.2) is 8.78 Å². The minimum atomic E-state index is -1.45. The van der Waals surface area contributed by atoms with Crippen LogP contribution in [0.5, 0.6) is 0 Å². The van der Waals surface area contributed by atoms with Crippen molar-refractivity contribution in [3.8, 4) is 0 Å². The second kappa shape index (κ2) is 4.60. The van der Waals surface area contributed by atoms with Gasteiger partial charge in [-0.3, -0.25) is 4.98 Å². The van der Waals surface area contributed by atoms with Crippen LogP contribution in [0, 0.1) is 11.6 Å². The predicted octanol–water partition coefficient (Wildman–Crippen LogP) is -2.12. The normalized spacial score (nSPS) is 9.88. The van der Waals surface area contributed by atoms with Gasteiger partial charge in [0.2, 0.25) is 0 Å². The molecule has 0 amide bonds. The van der Waals surface area contributed by atoms with E-state index in [9.17, 15) is 18.7 Å². The summed E-state index contributed by atoms with van der Waals surface area (Å²) >= 11 is 0. The van der Waals surface area contributed by atoms with Gasteiger partial charge in [0.15, 0.2) is 0 Å². The van der Waals surface area contributed by atoms with Crippen LogP contribution in [0.3, 0.4) is 0 Å². The summed E-state index contributed by atoms with van der Waals surface area (Å²) in [4.78, 5) is 14.1. The second-order valence-corrected chi connectivity index (χ2v) is 2.97. The van der Waals surface area contributed by atoms with Gasteiger partial charge < -0.3 is 9.90 Å². The average molecular weight is 215 g/mol. The van der Waals surface area contributed by atoms with Gasteiger partial charge in [0.25, 0.3) is 0 Å². The Bertz CT molecular complexity index is 560. The average Bonchev–Trinajstić information content (AvgIpc) is 2.16. The molecule has 0 radical (unpaired) electrons. The maximum atomic E-state index is 13.2. The molecule has 1 aromatic carbocycles. The smallest absolute Gasteiger partial charge is 0.545 e. The monoisotopic (exact) mass is 215 g/mol. The summed E-state index contributed by atoms with van der Waals surface area (Å²) in [5, 5.41) is 10.4. The molecule has 0 bridgehead atoms. The Morgan fingerprint density at radius 3 is 2.56 bits per heavy atom. The van der Waals surface area contributed by atoms with Gasteiger partial charge >= 0.3 is 18.9 Å². The zero-order valence-corrected chi connectivity index (χ0v) is 8.33. The van der Waals surface area contributed by atoms with Crippen LogP contribution in [0.1, 0.15) is 10.4 Å². The summed E-state index contributed by atoms with van der Waals surface area (Å²) in [6.07, 6.45) is 0.997. The van der Waals surface area contributed by atoms with E-state index in [1.54, 1.807) is 0 Å². The fraction of sp³-hybridized carbons (Fsp3) is 0. The van der Waals surface area contributed by atoms with Crippen molar-refractivity contribution < 1.29 is 37.5 Å². The molecule has 76 valence electrons. The summed E-state index contributed by atoms with van der Waals surface area (Å²) in [6.45, 7) is 0. The number of carboxylic acid groups (broad SMARTS) is 1. The molecule has 0 fully saturated rings. The van der Waals surface area contributed by atoms with Crippen LogP contribution in [0.2, 0.25) is 0 Å². The number of benzene rings is 1. The molecular formula is C10H4F2LiNO2. The Hall–Kier alpha value is -1.44. The molecule has 1 aromatic heterocycles. The SMILES string of the molecule is O=C([O-])c1cnc2cc(F)cc(F)c2c1.[Li+]. The van der Waals surface area contributed by atoms with Crippen LogP contribution < -0.4 is 24.0 Å². The quantitative estimate of drug-likeness (QED) is 0.511. The number of hydrogen-bond donors (Lipinski definition) is 0. The number of aromatic carboxylic acids is 1. The Morgan fingerprint density at radius 2 is 1.94 bits per heavy atom. The van der Waals surface area contributed by atoms with E-state index in [0.29, 0.717) is 6.07 Å². The van der Waals surface area contributed by atoms with E-state index in [-0.39, 0.29) is 35.3 Å². The van der Waals surface area contributed by atoms with Crippen LogP contribution in [-0.2, 0) is 0 Å². The van der Waals surface area contributed by atoms with Crippen molar-refractivity contribution in [3.05, 3.63) is 41.6 Å². The number of carboxylic acids is 1. The fourth-order valence-corrected chi connectivity index (χ4v) is 1.26. The van der Waals surface area contributed by atoms with Gasteiger partial charge in [0.1, 0.15) is 11.6 Å². The summed E-state index contributed by atoms with van der Waals surface area (Å²) < 4.78 is 25.9. The summed E-state index contributed by atoms with van der Waals surface area (Å²) in [7, 11) is 0. The molecule has 2 rings (SSSR count). The molecule has 0 saturated carbocycles. The molecule has 0 unspecified atom stereocenters. The Kier molecular flexibility index (Phi) is 3.63. The molecule has 6 heteroatoms. The Morgan fingerprint density at radius 1 is 1.25 bits per heavy atom. The van der Waals surface area contributed by atoms with Crippen LogP contribution >= 0.6 is 0 Å². The molecular weight excluding hydrogens is 211 g/mol. The molecule has 0 atom stereocenters.